The first-order valence-corrected chi connectivity index (χ1v) is 9.55. The van der Waals surface area contributed by atoms with E-state index in [4.69, 9.17) is 0 Å². The van der Waals surface area contributed by atoms with E-state index in [0.717, 1.165) is 43.3 Å². The van der Waals surface area contributed by atoms with Crippen molar-refractivity contribution in [3.63, 3.8) is 0 Å². The lowest BCUT2D eigenvalue weighted by Gasteiger charge is -2.30. The Hall–Kier alpha value is -1.81. The molecule has 2 aromatic rings. The lowest BCUT2D eigenvalue weighted by Crippen LogP contribution is -2.38. The van der Waals surface area contributed by atoms with E-state index >= 15 is 0 Å². The zero-order valence-electron chi connectivity index (χ0n) is 14.4. The molecule has 1 aromatic carbocycles. The van der Waals surface area contributed by atoms with Crippen LogP contribution in [0.1, 0.15) is 41.5 Å². The molecule has 1 aliphatic heterocycles. The molecule has 2 heterocycles. The fourth-order valence-corrected chi connectivity index (χ4v) is 3.65. The van der Waals surface area contributed by atoms with Crippen molar-refractivity contribution in [2.75, 3.05) is 13.1 Å². The van der Waals surface area contributed by atoms with Crippen molar-refractivity contribution in [2.45, 2.75) is 37.3 Å². The van der Waals surface area contributed by atoms with Gasteiger partial charge in [-0.1, -0.05) is 30.7 Å². The lowest BCUT2D eigenvalue weighted by molar-refractivity contribution is 0.0691. The normalized spacial score (nSPS) is 15.5. The predicted molar refractivity (Wildman–Crippen MR) is 99.3 cm³/mol. The Morgan fingerprint density at radius 2 is 1.88 bits per heavy atom. The molecule has 0 atom stereocenters. The zero-order valence-corrected chi connectivity index (χ0v) is 15.2. The molecule has 0 spiro atoms. The van der Waals surface area contributed by atoms with Gasteiger partial charge in [-0.05, 0) is 49.9 Å². The Morgan fingerprint density at radius 1 is 1.17 bits per heavy atom. The second-order valence-electron chi connectivity index (χ2n) is 6.59. The van der Waals surface area contributed by atoms with Crippen LogP contribution in [0.25, 0.3) is 0 Å². The summed E-state index contributed by atoms with van der Waals surface area (Å²) in [6.45, 7) is 6.05. The van der Waals surface area contributed by atoms with E-state index in [2.05, 4.69) is 43.1 Å². The third-order valence-corrected chi connectivity index (χ3v) is 5.55. The number of piperidine rings is 1. The summed E-state index contributed by atoms with van der Waals surface area (Å²) in [5, 5.41) is 0. The van der Waals surface area contributed by atoms with Crippen molar-refractivity contribution < 1.29 is 4.79 Å². The molecule has 0 radical (unpaired) electrons. The average molecular weight is 340 g/mol. The second kappa shape index (κ2) is 7.84. The molecule has 0 N–H and O–H groups in total. The Balaban J connectivity index is 1.63. The number of aryl methyl sites for hydroxylation is 1. The second-order valence-corrected chi connectivity index (χ2v) is 7.64. The highest BCUT2D eigenvalue weighted by molar-refractivity contribution is 7.98. The quantitative estimate of drug-likeness (QED) is 0.765. The molecule has 0 unspecified atom stereocenters. The molecule has 0 aliphatic carbocycles. The summed E-state index contributed by atoms with van der Waals surface area (Å²) in [5.41, 5.74) is 2.80. The summed E-state index contributed by atoms with van der Waals surface area (Å²) in [7, 11) is 0. The lowest BCUT2D eigenvalue weighted by atomic mass is 9.99. The summed E-state index contributed by atoms with van der Waals surface area (Å²) >= 11 is 1.75. The predicted octanol–water partition coefficient (Wildman–Crippen LogP) is 4.55. The number of hydrogen-bond donors (Lipinski definition) is 0. The molecule has 1 amide bonds. The largest absolute Gasteiger partial charge is 0.337 e. The van der Waals surface area contributed by atoms with Crippen LogP contribution in [-0.4, -0.2) is 28.9 Å². The minimum atomic E-state index is 0.0732. The summed E-state index contributed by atoms with van der Waals surface area (Å²) in [4.78, 5) is 20.4. The highest BCUT2D eigenvalue weighted by Crippen LogP contribution is 2.23. The molecule has 24 heavy (non-hydrogen) atoms. The van der Waals surface area contributed by atoms with Gasteiger partial charge in [-0.3, -0.25) is 4.79 Å². The number of amides is 1. The van der Waals surface area contributed by atoms with Gasteiger partial charge >= 0.3 is 0 Å². The van der Waals surface area contributed by atoms with E-state index in [-0.39, 0.29) is 5.91 Å². The molecule has 0 saturated carbocycles. The van der Waals surface area contributed by atoms with E-state index < -0.39 is 0 Å². The highest BCUT2D eigenvalue weighted by Gasteiger charge is 2.22. The van der Waals surface area contributed by atoms with Crippen LogP contribution in [0.4, 0.5) is 0 Å². The fourth-order valence-electron chi connectivity index (χ4n) is 2.84. The molecular weight excluding hydrogens is 316 g/mol. The first-order valence-electron chi connectivity index (χ1n) is 8.56. The molecule has 3 rings (SSSR count). The van der Waals surface area contributed by atoms with Gasteiger partial charge in [0.25, 0.3) is 5.91 Å². The number of carbonyl (C=O) groups is 1. The van der Waals surface area contributed by atoms with E-state index in [1.165, 1.54) is 10.5 Å². The third-order valence-electron chi connectivity index (χ3n) is 4.50. The number of likely N-dealkylation sites (tertiary alicyclic amines) is 1. The Morgan fingerprint density at radius 3 is 2.58 bits per heavy atom. The molecule has 3 nitrogen and oxygen atoms in total. The van der Waals surface area contributed by atoms with Crippen LogP contribution >= 0.6 is 11.8 Å². The summed E-state index contributed by atoms with van der Waals surface area (Å²) in [6, 6.07) is 14.3. The average Bonchev–Trinajstić information content (AvgIpc) is 2.61. The molecule has 1 aromatic heterocycles. The van der Waals surface area contributed by atoms with Gasteiger partial charge in [-0.15, -0.1) is 11.8 Å². The molecule has 1 fully saturated rings. The van der Waals surface area contributed by atoms with Gasteiger partial charge in [0.1, 0.15) is 5.69 Å². The number of rotatable bonds is 4. The standard InChI is InChI=1S/C20H24N2OS/c1-15-6-8-18(9-7-15)24-14-17-4-3-5-19(21-17)20(23)22-12-10-16(2)11-13-22/h3-9,16H,10-14H2,1-2H3. The Bertz CT molecular complexity index is 691. The van der Waals surface area contributed by atoms with Crippen LogP contribution in [0.5, 0.6) is 0 Å². The molecule has 126 valence electrons. The SMILES string of the molecule is Cc1ccc(SCc2cccc(C(=O)N3CCC(C)CC3)n2)cc1. The summed E-state index contributed by atoms with van der Waals surface area (Å²) in [6.07, 6.45) is 2.18. The maximum Gasteiger partial charge on any atom is 0.272 e. The molecule has 4 heteroatoms. The molecule has 1 aliphatic rings. The zero-order chi connectivity index (χ0) is 16.9. The van der Waals surface area contributed by atoms with Gasteiger partial charge in [0, 0.05) is 23.7 Å². The first kappa shape index (κ1) is 17.0. The topological polar surface area (TPSA) is 33.2 Å². The number of benzene rings is 1. The third kappa shape index (κ3) is 4.38. The first-order chi connectivity index (χ1) is 11.6. The van der Waals surface area contributed by atoms with E-state index in [9.17, 15) is 4.79 Å². The molecule has 0 bridgehead atoms. The van der Waals surface area contributed by atoms with Crippen molar-refractivity contribution in [1.82, 2.24) is 9.88 Å². The van der Waals surface area contributed by atoms with E-state index in [1.54, 1.807) is 11.8 Å². The Kier molecular flexibility index (Phi) is 5.56. The van der Waals surface area contributed by atoms with Crippen molar-refractivity contribution in [3.8, 4) is 0 Å². The Labute approximate surface area is 148 Å². The minimum Gasteiger partial charge on any atom is -0.337 e. The fraction of sp³-hybridized carbons (Fsp3) is 0.400. The number of aromatic nitrogens is 1. The summed E-state index contributed by atoms with van der Waals surface area (Å²) < 4.78 is 0. The maximum atomic E-state index is 12.6. The van der Waals surface area contributed by atoms with Gasteiger partial charge in [0.15, 0.2) is 0 Å². The highest BCUT2D eigenvalue weighted by atomic mass is 32.2. The van der Waals surface area contributed by atoms with Gasteiger partial charge in [-0.2, -0.15) is 0 Å². The smallest absolute Gasteiger partial charge is 0.272 e. The van der Waals surface area contributed by atoms with Crippen molar-refractivity contribution in [3.05, 3.63) is 59.4 Å². The van der Waals surface area contributed by atoms with Crippen LogP contribution in [0.2, 0.25) is 0 Å². The molecular formula is C20H24N2OS. The van der Waals surface area contributed by atoms with Gasteiger partial charge in [0.05, 0.1) is 5.69 Å². The number of thioether (sulfide) groups is 1. The van der Waals surface area contributed by atoms with Crippen molar-refractivity contribution in [1.29, 1.82) is 0 Å². The van der Waals surface area contributed by atoms with Gasteiger partial charge in [-0.25, -0.2) is 4.98 Å². The van der Waals surface area contributed by atoms with Crippen LogP contribution in [0, 0.1) is 12.8 Å². The number of pyridine rings is 1. The summed E-state index contributed by atoms with van der Waals surface area (Å²) in [5.74, 6) is 1.57. The number of carbonyl (C=O) groups excluding carboxylic acids is 1. The van der Waals surface area contributed by atoms with Crippen molar-refractivity contribution >= 4 is 17.7 Å². The van der Waals surface area contributed by atoms with Crippen LogP contribution in [0.3, 0.4) is 0 Å². The van der Waals surface area contributed by atoms with Crippen LogP contribution in [0.15, 0.2) is 47.4 Å². The van der Waals surface area contributed by atoms with Crippen LogP contribution < -0.4 is 0 Å². The van der Waals surface area contributed by atoms with E-state index in [0.29, 0.717) is 5.69 Å². The number of nitrogens with zero attached hydrogens (tertiary/aromatic N) is 2. The maximum absolute atomic E-state index is 12.6. The number of hydrogen-bond acceptors (Lipinski definition) is 3. The monoisotopic (exact) mass is 340 g/mol. The van der Waals surface area contributed by atoms with Crippen LogP contribution in [-0.2, 0) is 5.75 Å². The molecule has 1 saturated heterocycles. The van der Waals surface area contributed by atoms with Gasteiger partial charge in [0.2, 0.25) is 0 Å². The van der Waals surface area contributed by atoms with Crippen molar-refractivity contribution in [2.24, 2.45) is 5.92 Å². The van der Waals surface area contributed by atoms with E-state index in [1.807, 2.05) is 23.1 Å². The van der Waals surface area contributed by atoms with Gasteiger partial charge < -0.3 is 4.90 Å². The minimum absolute atomic E-state index is 0.0732.